The van der Waals surface area contributed by atoms with E-state index in [1.807, 2.05) is 14.1 Å². The first kappa shape index (κ1) is 7.78. The number of aromatic nitrogens is 4. The fourth-order valence-corrected chi connectivity index (χ4v) is 1.17. The lowest BCUT2D eigenvalue weighted by molar-refractivity contribution is 1.02. The van der Waals surface area contributed by atoms with Crippen LogP contribution in [0.3, 0.4) is 0 Å². The normalized spacial score (nSPS) is 10.6. The van der Waals surface area contributed by atoms with Gasteiger partial charge in [-0.15, -0.1) is 0 Å². The van der Waals surface area contributed by atoms with Crippen molar-refractivity contribution < 1.29 is 0 Å². The smallest absolute Gasteiger partial charge is 0.347 e. The Labute approximate surface area is 73.6 Å². The second kappa shape index (κ2) is 2.58. The summed E-state index contributed by atoms with van der Waals surface area (Å²) in [5, 5.41) is 6.60. The lowest BCUT2D eigenvalue weighted by Crippen LogP contribution is -2.18. The van der Waals surface area contributed by atoms with Crippen molar-refractivity contribution in [3.63, 3.8) is 0 Å². The fraction of sp³-hybridized carbons (Fsp3) is 0.286. The molecule has 68 valence electrons. The molecule has 13 heavy (non-hydrogen) atoms. The van der Waals surface area contributed by atoms with Crippen molar-refractivity contribution in [3.8, 4) is 0 Å². The lowest BCUT2D eigenvalue weighted by Gasteiger charge is -2.10. The zero-order chi connectivity index (χ0) is 9.42. The molecule has 0 bridgehead atoms. The van der Waals surface area contributed by atoms with E-state index in [9.17, 15) is 4.79 Å². The summed E-state index contributed by atoms with van der Waals surface area (Å²) in [6, 6.07) is 0. The van der Waals surface area contributed by atoms with E-state index in [0.29, 0.717) is 11.3 Å². The Kier molecular flexibility index (Phi) is 1.54. The van der Waals surface area contributed by atoms with Crippen LogP contribution >= 0.6 is 0 Å². The quantitative estimate of drug-likeness (QED) is 0.630. The molecule has 0 amide bonds. The average Bonchev–Trinajstić information content (AvgIpc) is 2.49. The molecule has 2 rings (SSSR count). The molecule has 6 nitrogen and oxygen atoms in total. The van der Waals surface area contributed by atoms with Crippen molar-refractivity contribution in [2.24, 2.45) is 0 Å². The van der Waals surface area contributed by atoms with Gasteiger partial charge >= 0.3 is 5.69 Å². The van der Waals surface area contributed by atoms with Crippen molar-refractivity contribution in [1.82, 2.24) is 20.2 Å². The molecule has 0 unspecified atom stereocenters. The predicted octanol–water partition coefficient (Wildman–Crippen LogP) is -0.288. The maximum absolute atomic E-state index is 11.1. The first-order valence-corrected chi connectivity index (χ1v) is 3.79. The van der Waals surface area contributed by atoms with Crippen LogP contribution in [0.25, 0.3) is 11.0 Å². The Bertz CT molecular complexity index is 483. The molecule has 2 aromatic rings. The maximum Gasteiger partial charge on any atom is 0.347 e. The third kappa shape index (κ3) is 1.16. The summed E-state index contributed by atoms with van der Waals surface area (Å²) in [6.45, 7) is 0. The van der Waals surface area contributed by atoms with Crippen molar-refractivity contribution in [2.45, 2.75) is 0 Å². The van der Waals surface area contributed by atoms with Crippen LogP contribution in [0.2, 0.25) is 0 Å². The Morgan fingerprint density at radius 1 is 1.46 bits per heavy atom. The molecule has 6 heteroatoms. The predicted molar refractivity (Wildman–Crippen MR) is 48.8 cm³/mol. The highest BCUT2D eigenvalue weighted by Crippen LogP contribution is 2.15. The molecular formula is C7H9N5O. The zero-order valence-corrected chi connectivity index (χ0v) is 7.33. The van der Waals surface area contributed by atoms with Gasteiger partial charge in [0.25, 0.3) is 0 Å². The highest BCUT2D eigenvalue weighted by Gasteiger charge is 2.07. The maximum atomic E-state index is 11.1. The number of nitrogens with zero attached hydrogens (tertiary/aromatic N) is 3. The minimum Gasteiger partial charge on any atom is -0.361 e. The summed E-state index contributed by atoms with van der Waals surface area (Å²) in [5.74, 6) is 0.594. The van der Waals surface area contributed by atoms with Crippen LogP contribution in [0.4, 0.5) is 5.82 Å². The number of anilines is 1. The number of rotatable bonds is 1. The van der Waals surface area contributed by atoms with Crippen molar-refractivity contribution in [1.29, 1.82) is 0 Å². The minimum atomic E-state index is -0.363. The third-order valence-corrected chi connectivity index (χ3v) is 1.74. The third-order valence-electron chi connectivity index (χ3n) is 1.74. The van der Waals surface area contributed by atoms with E-state index in [4.69, 9.17) is 0 Å². The standard InChI is InChI=1S/C7H9N5O/c1-12(2)6-5-4(3-8-11-5)9-7(13)10-6/h3H,1-2H3,(H,8,11)(H,9,10,13). The van der Waals surface area contributed by atoms with Crippen LogP contribution in [-0.4, -0.2) is 34.3 Å². The molecule has 0 aliphatic rings. The van der Waals surface area contributed by atoms with Crippen molar-refractivity contribution >= 4 is 16.9 Å². The Morgan fingerprint density at radius 3 is 2.92 bits per heavy atom. The van der Waals surface area contributed by atoms with E-state index < -0.39 is 0 Å². The summed E-state index contributed by atoms with van der Waals surface area (Å²) in [4.78, 5) is 19.2. The van der Waals surface area contributed by atoms with Crippen LogP contribution < -0.4 is 10.6 Å². The summed E-state index contributed by atoms with van der Waals surface area (Å²) >= 11 is 0. The average molecular weight is 179 g/mol. The van der Waals surface area contributed by atoms with E-state index in [1.165, 1.54) is 0 Å². The molecule has 2 N–H and O–H groups in total. The van der Waals surface area contributed by atoms with Gasteiger partial charge in [0.2, 0.25) is 0 Å². The van der Waals surface area contributed by atoms with E-state index in [-0.39, 0.29) is 5.69 Å². The van der Waals surface area contributed by atoms with Gasteiger partial charge in [0, 0.05) is 14.1 Å². The number of aromatic amines is 2. The van der Waals surface area contributed by atoms with Gasteiger partial charge in [-0.25, -0.2) is 4.79 Å². The molecule has 0 fully saturated rings. The summed E-state index contributed by atoms with van der Waals surface area (Å²) < 4.78 is 0. The summed E-state index contributed by atoms with van der Waals surface area (Å²) in [7, 11) is 3.64. The van der Waals surface area contributed by atoms with E-state index in [0.717, 1.165) is 5.52 Å². The number of nitrogens with one attached hydrogen (secondary N) is 2. The van der Waals surface area contributed by atoms with E-state index in [1.54, 1.807) is 11.1 Å². The molecule has 0 spiro atoms. The molecule has 2 aromatic heterocycles. The van der Waals surface area contributed by atoms with Gasteiger partial charge in [0.1, 0.15) is 5.52 Å². The number of hydrogen-bond donors (Lipinski definition) is 2. The SMILES string of the molecule is CN(C)c1nc(=O)[nH]c2cn[nH]c12. The number of H-pyrrole nitrogens is 2. The minimum absolute atomic E-state index is 0.363. The Hall–Kier alpha value is -1.85. The molecule has 0 saturated carbocycles. The molecule has 0 saturated heterocycles. The number of fused-ring (bicyclic) bond motifs is 1. The zero-order valence-electron chi connectivity index (χ0n) is 7.33. The van der Waals surface area contributed by atoms with Gasteiger partial charge in [0.05, 0.1) is 11.7 Å². The largest absolute Gasteiger partial charge is 0.361 e. The second-order valence-electron chi connectivity index (χ2n) is 2.92. The molecule has 0 aromatic carbocycles. The highest BCUT2D eigenvalue weighted by molar-refractivity contribution is 5.84. The topological polar surface area (TPSA) is 77.7 Å². The Morgan fingerprint density at radius 2 is 2.23 bits per heavy atom. The second-order valence-corrected chi connectivity index (χ2v) is 2.92. The van der Waals surface area contributed by atoms with Crippen LogP contribution in [0.5, 0.6) is 0 Å². The monoisotopic (exact) mass is 179 g/mol. The van der Waals surface area contributed by atoms with Gasteiger partial charge < -0.3 is 9.88 Å². The molecule has 0 atom stereocenters. The molecule has 0 aliphatic heterocycles. The van der Waals surface area contributed by atoms with E-state index in [2.05, 4.69) is 20.2 Å². The lowest BCUT2D eigenvalue weighted by atomic mass is 10.4. The molecule has 2 heterocycles. The Balaban J connectivity index is 2.85. The molecule has 0 radical (unpaired) electrons. The fourth-order valence-electron chi connectivity index (χ4n) is 1.17. The van der Waals surface area contributed by atoms with Crippen molar-refractivity contribution in [2.75, 3.05) is 19.0 Å². The van der Waals surface area contributed by atoms with Crippen LogP contribution in [0.1, 0.15) is 0 Å². The van der Waals surface area contributed by atoms with Crippen molar-refractivity contribution in [3.05, 3.63) is 16.7 Å². The van der Waals surface area contributed by atoms with Crippen LogP contribution in [-0.2, 0) is 0 Å². The van der Waals surface area contributed by atoms with Crippen LogP contribution in [0, 0.1) is 0 Å². The summed E-state index contributed by atoms with van der Waals surface area (Å²) in [6.07, 6.45) is 1.56. The van der Waals surface area contributed by atoms with Gasteiger partial charge in [-0.3, -0.25) is 5.10 Å². The molecular weight excluding hydrogens is 170 g/mol. The van der Waals surface area contributed by atoms with Gasteiger partial charge in [-0.2, -0.15) is 10.1 Å². The van der Waals surface area contributed by atoms with Gasteiger partial charge in [-0.1, -0.05) is 0 Å². The first-order chi connectivity index (χ1) is 6.18. The number of hydrogen-bond acceptors (Lipinski definition) is 4. The summed E-state index contributed by atoms with van der Waals surface area (Å²) in [5.41, 5.74) is 1.05. The van der Waals surface area contributed by atoms with Gasteiger partial charge in [0.15, 0.2) is 5.82 Å². The van der Waals surface area contributed by atoms with Gasteiger partial charge in [-0.05, 0) is 0 Å². The van der Waals surface area contributed by atoms with Crippen LogP contribution in [0.15, 0.2) is 11.0 Å². The molecule has 0 aliphatic carbocycles. The van der Waals surface area contributed by atoms with E-state index >= 15 is 0 Å². The highest BCUT2D eigenvalue weighted by atomic mass is 16.1. The first-order valence-electron chi connectivity index (χ1n) is 3.79.